The molecule has 0 radical (unpaired) electrons. The first-order valence-electron chi connectivity index (χ1n) is 5.92. The van der Waals surface area contributed by atoms with E-state index in [4.69, 9.17) is 10.8 Å². The molecule has 0 heterocycles. The van der Waals surface area contributed by atoms with Crippen molar-refractivity contribution in [1.29, 1.82) is 0 Å². The van der Waals surface area contributed by atoms with Crippen molar-refractivity contribution in [2.75, 3.05) is 13.2 Å². The minimum atomic E-state index is -0.128. The lowest BCUT2D eigenvalue weighted by molar-refractivity contribution is -0.122. The molecule has 0 aromatic carbocycles. The van der Waals surface area contributed by atoms with Crippen molar-refractivity contribution in [2.45, 2.75) is 46.1 Å². The fourth-order valence-corrected chi connectivity index (χ4v) is 1.43. The molecule has 0 spiro atoms. The maximum atomic E-state index is 11.6. The summed E-state index contributed by atoms with van der Waals surface area (Å²) in [5.74, 6) is -0.0119. The standard InChI is InChI=1S/C12H24N2O2/c1-11(2,3)9(13)6-10(16)14-7-12(8-15)4-5-12/h9,15H,4-8,13H2,1-3H3,(H,14,16). The van der Waals surface area contributed by atoms with E-state index < -0.39 is 0 Å². The highest BCUT2D eigenvalue weighted by atomic mass is 16.3. The maximum absolute atomic E-state index is 11.6. The zero-order valence-electron chi connectivity index (χ0n) is 10.5. The van der Waals surface area contributed by atoms with Crippen LogP contribution in [0.5, 0.6) is 0 Å². The quantitative estimate of drug-likeness (QED) is 0.646. The first kappa shape index (κ1) is 13.5. The molecule has 16 heavy (non-hydrogen) atoms. The van der Waals surface area contributed by atoms with Gasteiger partial charge in [0.1, 0.15) is 0 Å². The molecule has 1 fully saturated rings. The van der Waals surface area contributed by atoms with Crippen molar-refractivity contribution >= 4 is 5.91 Å². The smallest absolute Gasteiger partial charge is 0.221 e. The van der Waals surface area contributed by atoms with Gasteiger partial charge in [-0.3, -0.25) is 4.79 Å². The van der Waals surface area contributed by atoms with Crippen LogP contribution in [0.1, 0.15) is 40.0 Å². The molecule has 4 N–H and O–H groups in total. The van der Waals surface area contributed by atoms with Gasteiger partial charge in [0.2, 0.25) is 5.91 Å². The largest absolute Gasteiger partial charge is 0.396 e. The molecule has 1 amide bonds. The molecule has 4 nitrogen and oxygen atoms in total. The summed E-state index contributed by atoms with van der Waals surface area (Å²) in [6.07, 6.45) is 2.37. The van der Waals surface area contributed by atoms with E-state index in [9.17, 15) is 4.79 Å². The molecule has 0 saturated heterocycles. The SMILES string of the molecule is CC(C)(C)C(N)CC(=O)NCC1(CO)CC1. The molecule has 0 aromatic rings. The summed E-state index contributed by atoms with van der Waals surface area (Å²) in [4.78, 5) is 11.6. The molecule has 1 unspecified atom stereocenters. The van der Waals surface area contributed by atoms with E-state index in [1.165, 1.54) is 0 Å². The topological polar surface area (TPSA) is 75.4 Å². The molecule has 1 atom stereocenters. The van der Waals surface area contributed by atoms with E-state index in [1.807, 2.05) is 20.8 Å². The van der Waals surface area contributed by atoms with Gasteiger partial charge in [0.25, 0.3) is 0 Å². The van der Waals surface area contributed by atoms with Gasteiger partial charge in [-0.05, 0) is 18.3 Å². The Hall–Kier alpha value is -0.610. The van der Waals surface area contributed by atoms with Gasteiger partial charge in [0.15, 0.2) is 0 Å². The number of hydrogen-bond acceptors (Lipinski definition) is 3. The predicted octanol–water partition coefficient (Wildman–Crippen LogP) is 0.639. The van der Waals surface area contributed by atoms with Gasteiger partial charge < -0.3 is 16.2 Å². The van der Waals surface area contributed by atoms with Crippen LogP contribution in [0.2, 0.25) is 0 Å². The number of nitrogens with two attached hydrogens (primary N) is 1. The van der Waals surface area contributed by atoms with Crippen LogP contribution >= 0.6 is 0 Å². The monoisotopic (exact) mass is 228 g/mol. The van der Waals surface area contributed by atoms with Crippen molar-refractivity contribution in [1.82, 2.24) is 5.32 Å². The third kappa shape index (κ3) is 3.76. The van der Waals surface area contributed by atoms with Gasteiger partial charge in [-0.2, -0.15) is 0 Å². The summed E-state index contributed by atoms with van der Waals surface area (Å²) in [7, 11) is 0. The molecule has 1 aliphatic carbocycles. The van der Waals surface area contributed by atoms with Gasteiger partial charge in [-0.25, -0.2) is 0 Å². The predicted molar refractivity (Wildman–Crippen MR) is 63.8 cm³/mol. The Bertz CT molecular complexity index is 254. The molecule has 94 valence electrons. The zero-order valence-corrected chi connectivity index (χ0v) is 10.5. The van der Waals surface area contributed by atoms with E-state index in [-0.39, 0.29) is 29.4 Å². The molecule has 4 heteroatoms. The van der Waals surface area contributed by atoms with Gasteiger partial charge >= 0.3 is 0 Å². The Kier molecular flexibility index (Phi) is 3.97. The average Bonchev–Trinajstić information content (AvgIpc) is 2.94. The van der Waals surface area contributed by atoms with E-state index in [0.717, 1.165) is 12.8 Å². The van der Waals surface area contributed by atoms with Gasteiger partial charge in [0, 0.05) is 24.4 Å². The van der Waals surface area contributed by atoms with Crippen molar-refractivity contribution in [3.8, 4) is 0 Å². The fourth-order valence-electron chi connectivity index (χ4n) is 1.43. The third-order valence-corrected chi connectivity index (χ3v) is 3.47. The number of rotatable bonds is 5. The van der Waals surface area contributed by atoms with Crippen LogP contribution in [0.25, 0.3) is 0 Å². The van der Waals surface area contributed by atoms with Crippen LogP contribution in [-0.4, -0.2) is 30.2 Å². The Morgan fingerprint density at radius 1 is 1.50 bits per heavy atom. The first-order chi connectivity index (χ1) is 7.29. The number of aliphatic hydroxyl groups is 1. The Morgan fingerprint density at radius 2 is 2.06 bits per heavy atom. The molecule has 0 aliphatic heterocycles. The van der Waals surface area contributed by atoms with Crippen LogP contribution in [0, 0.1) is 10.8 Å². The molecular weight excluding hydrogens is 204 g/mol. The van der Waals surface area contributed by atoms with Crippen LogP contribution in [0.15, 0.2) is 0 Å². The summed E-state index contributed by atoms with van der Waals surface area (Å²) in [5, 5.41) is 12.0. The Labute approximate surface area is 97.6 Å². The van der Waals surface area contributed by atoms with Crippen molar-refractivity contribution in [2.24, 2.45) is 16.6 Å². The van der Waals surface area contributed by atoms with E-state index in [1.54, 1.807) is 0 Å². The number of hydrogen-bond donors (Lipinski definition) is 3. The Balaban J connectivity index is 2.26. The molecule has 0 aromatic heterocycles. The second-order valence-electron chi connectivity index (χ2n) is 6.11. The lowest BCUT2D eigenvalue weighted by Crippen LogP contribution is -2.41. The molecule has 1 aliphatic rings. The summed E-state index contributed by atoms with van der Waals surface area (Å²) in [6, 6.07) is -0.128. The van der Waals surface area contributed by atoms with Crippen LogP contribution < -0.4 is 11.1 Å². The summed E-state index contributed by atoms with van der Waals surface area (Å²) < 4.78 is 0. The lowest BCUT2D eigenvalue weighted by Gasteiger charge is -2.26. The average molecular weight is 228 g/mol. The lowest BCUT2D eigenvalue weighted by atomic mass is 9.85. The van der Waals surface area contributed by atoms with Crippen molar-refractivity contribution < 1.29 is 9.90 Å². The van der Waals surface area contributed by atoms with Gasteiger partial charge in [0.05, 0.1) is 6.61 Å². The van der Waals surface area contributed by atoms with Gasteiger partial charge in [-0.15, -0.1) is 0 Å². The van der Waals surface area contributed by atoms with Crippen LogP contribution in [0.3, 0.4) is 0 Å². The molecular formula is C12H24N2O2. The normalized spacial score (nSPS) is 20.3. The maximum Gasteiger partial charge on any atom is 0.221 e. The summed E-state index contributed by atoms with van der Waals surface area (Å²) in [6.45, 7) is 6.83. The van der Waals surface area contributed by atoms with E-state index in [0.29, 0.717) is 13.0 Å². The molecule has 1 rings (SSSR count). The van der Waals surface area contributed by atoms with E-state index in [2.05, 4.69) is 5.32 Å². The first-order valence-corrected chi connectivity index (χ1v) is 5.92. The molecule has 1 saturated carbocycles. The highest BCUT2D eigenvalue weighted by Gasteiger charge is 2.42. The second-order valence-corrected chi connectivity index (χ2v) is 6.11. The van der Waals surface area contributed by atoms with Crippen LogP contribution in [0.4, 0.5) is 0 Å². The zero-order chi connectivity index (χ0) is 12.4. The summed E-state index contributed by atoms with van der Waals surface area (Å²) >= 11 is 0. The number of aliphatic hydroxyl groups excluding tert-OH is 1. The van der Waals surface area contributed by atoms with E-state index >= 15 is 0 Å². The minimum Gasteiger partial charge on any atom is -0.396 e. The minimum absolute atomic E-state index is 0.0119. The second kappa shape index (κ2) is 4.72. The highest BCUT2D eigenvalue weighted by Crippen LogP contribution is 2.44. The third-order valence-electron chi connectivity index (χ3n) is 3.47. The summed E-state index contributed by atoms with van der Waals surface area (Å²) in [5.41, 5.74) is 5.85. The number of nitrogens with one attached hydrogen (secondary N) is 1. The highest BCUT2D eigenvalue weighted by molar-refractivity contribution is 5.76. The van der Waals surface area contributed by atoms with Gasteiger partial charge in [-0.1, -0.05) is 20.8 Å². The van der Waals surface area contributed by atoms with Crippen molar-refractivity contribution in [3.63, 3.8) is 0 Å². The fraction of sp³-hybridized carbons (Fsp3) is 0.917. The number of carbonyl (C=O) groups is 1. The number of amides is 1. The van der Waals surface area contributed by atoms with Crippen LogP contribution in [-0.2, 0) is 4.79 Å². The van der Waals surface area contributed by atoms with Crippen molar-refractivity contribution in [3.05, 3.63) is 0 Å². The Morgan fingerprint density at radius 3 is 2.44 bits per heavy atom. The molecule has 0 bridgehead atoms. The number of carbonyl (C=O) groups excluding carboxylic acids is 1.